The summed E-state index contributed by atoms with van der Waals surface area (Å²) >= 11 is 0. The van der Waals surface area contributed by atoms with E-state index in [0.717, 1.165) is 0 Å². The van der Waals surface area contributed by atoms with E-state index in [1.54, 1.807) is 6.07 Å². The van der Waals surface area contributed by atoms with E-state index in [2.05, 4.69) is 16.8 Å². The lowest BCUT2D eigenvalue weighted by Gasteiger charge is -2.10. The lowest BCUT2D eigenvalue weighted by molar-refractivity contribution is -0.124. The number of benzene rings is 2. The molecule has 0 spiro atoms. The molecular weight excluding hydrogens is 393 g/mol. The number of para-hydroxylation sites is 1. The minimum atomic E-state index is -1.16. The molecule has 0 saturated heterocycles. The van der Waals surface area contributed by atoms with Gasteiger partial charge in [-0.05, 0) is 37.3 Å². The normalized spacial score (nSPS) is 12.2. The Kier molecular flexibility index (Phi) is 5.91. The van der Waals surface area contributed by atoms with Crippen LogP contribution < -0.4 is 4.74 Å². The average molecular weight is 411 g/mol. The van der Waals surface area contributed by atoms with Crippen molar-refractivity contribution >= 4 is 22.6 Å². The van der Waals surface area contributed by atoms with Gasteiger partial charge in [-0.1, -0.05) is 18.2 Å². The van der Waals surface area contributed by atoms with Crippen LogP contribution >= 0.6 is 0 Å². The highest BCUT2D eigenvalue weighted by atomic mass is 19.1. The maximum atomic E-state index is 13.6. The maximum Gasteiger partial charge on any atom is 0.304 e. The van der Waals surface area contributed by atoms with E-state index in [4.69, 9.17) is 4.74 Å². The fourth-order valence-corrected chi connectivity index (χ4v) is 2.77. The lowest BCUT2D eigenvalue weighted by Crippen LogP contribution is -2.22. The van der Waals surface area contributed by atoms with Crippen LogP contribution in [0.25, 0.3) is 10.8 Å². The second kappa shape index (κ2) is 8.56. The molecule has 2 amide bonds. The molecule has 30 heavy (non-hydrogen) atoms. The van der Waals surface area contributed by atoms with Gasteiger partial charge in [-0.25, -0.2) is 4.39 Å². The summed E-state index contributed by atoms with van der Waals surface area (Å²) in [4.78, 5) is 24.3. The number of hydrogen-bond acceptors (Lipinski definition) is 5. The molecule has 0 aliphatic carbocycles. The van der Waals surface area contributed by atoms with Gasteiger partial charge in [-0.2, -0.15) is 0 Å². The Morgan fingerprint density at radius 1 is 1.17 bits per heavy atom. The van der Waals surface area contributed by atoms with Gasteiger partial charge >= 0.3 is 5.91 Å². The van der Waals surface area contributed by atoms with Crippen molar-refractivity contribution in [1.82, 2.24) is 4.57 Å². The van der Waals surface area contributed by atoms with Gasteiger partial charge in [-0.15, -0.1) is 16.8 Å². The van der Waals surface area contributed by atoms with E-state index in [1.165, 1.54) is 54.0 Å². The van der Waals surface area contributed by atoms with Gasteiger partial charge in [-0.3, -0.25) is 14.2 Å². The van der Waals surface area contributed by atoms with E-state index in [1.807, 2.05) is 0 Å². The number of rotatable bonds is 6. The molecule has 1 atom stereocenters. The van der Waals surface area contributed by atoms with Crippen LogP contribution in [0.2, 0.25) is 0 Å². The molecule has 9 heteroatoms. The average Bonchev–Trinajstić information content (AvgIpc) is 2.98. The molecule has 0 fully saturated rings. The van der Waals surface area contributed by atoms with Crippen LogP contribution in [0.4, 0.5) is 4.39 Å². The summed E-state index contributed by atoms with van der Waals surface area (Å²) in [6.45, 7) is 5.08. The first-order valence-corrected chi connectivity index (χ1v) is 8.89. The van der Waals surface area contributed by atoms with Crippen molar-refractivity contribution in [2.45, 2.75) is 19.6 Å². The van der Waals surface area contributed by atoms with Crippen LogP contribution in [0.15, 0.2) is 65.3 Å². The highest BCUT2D eigenvalue weighted by Gasteiger charge is 2.19. The minimum absolute atomic E-state index is 0.0489. The molecule has 1 aromatic heterocycles. The van der Waals surface area contributed by atoms with Crippen molar-refractivity contribution in [3.05, 3.63) is 66.5 Å². The van der Waals surface area contributed by atoms with E-state index in [-0.39, 0.29) is 35.0 Å². The highest BCUT2D eigenvalue weighted by molar-refractivity contribution is 6.02. The molecule has 0 saturated carbocycles. The number of amides is 2. The fraction of sp³-hybridized carbons (Fsp3) is 0.143. The van der Waals surface area contributed by atoms with Crippen LogP contribution in [-0.2, 0) is 11.3 Å². The van der Waals surface area contributed by atoms with Crippen molar-refractivity contribution in [3.63, 3.8) is 0 Å². The number of allylic oxidation sites excluding steroid dienone is 1. The first-order valence-electron chi connectivity index (χ1n) is 8.89. The Labute approximate surface area is 170 Å². The second-order valence-corrected chi connectivity index (χ2v) is 6.34. The molecule has 2 N–H and O–H groups in total. The molecule has 0 aliphatic heterocycles. The van der Waals surface area contributed by atoms with Gasteiger partial charge in [0.05, 0.1) is 0 Å². The number of aromatic hydroxyl groups is 2. The third-order valence-corrected chi connectivity index (χ3v) is 4.30. The molecule has 0 bridgehead atoms. The largest absolute Gasteiger partial charge is 0.494 e. The number of aromatic nitrogens is 1. The maximum absolute atomic E-state index is 13.6. The van der Waals surface area contributed by atoms with Crippen molar-refractivity contribution < 1.29 is 28.9 Å². The van der Waals surface area contributed by atoms with Gasteiger partial charge in [0.1, 0.15) is 0 Å². The van der Waals surface area contributed by atoms with E-state index in [0.29, 0.717) is 5.39 Å². The lowest BCUT2D eigenvalue weighted by atomic mass is 10.1. The molecule has 0 aliphatic rings. The quantitative estimate of drug-likeness (QED) is 0.471. The predicted molar refractivity (Wildman–Crippen MR) is 106 cm³/mol. The predicted octanol–water partition coefficient (Wildman–Crippen LogP) is 3.96. The Bertz CT molecular complexity index is 1170. The number of ether oxygens (including phenoxy) is 1. The second-order valence-electron chi connectivity index (χ2n) is 6.34. The van der Waals surface area contributed by atoms with Crippen LogP contribution in [0.3, 0.4) is 0 Å². The monoisotopic (exact) mass is 411 g/mol. The van der Waals surface area contributed by atoms with Gasteiger partial charge in [0.15, 0.2) is 17.7 Å². The number of carbonyl (C=O) groups is 2. The zero-order valence-corrected chi connectivity index (χ0v) is 15.9. The molecule has 0 unspecified atom stereocenters. The third-order valence-electron chi connectivity index (χ3n) is 4.30. The van der Waals surface area contributed by atoms with Crippen LogP contribution in [0, 0.1) is 5.82 Å². The van der Waals surface area contributed by atoms with Gasteiger partial charge < -0.3 is 14.9 Å². The summed E-state index contributed by atoms with van der Waals surface area (Å²) in [5, 5.41) is 27.7. The highest BCUT2D eigenvalue weighted by Crippen LogP contribution is 2.36. The topological polar surface area (TPSA) is 113 Å². The number of hydrogen-bond donors (Lipinski definition) is 2. The molecule has 8 nitrogen and oxygen atoms in total. The van der Waals surface area contributed by atoms with Crippen LogP contribution in [0.1, 0.15) is 17.3 Å². The number of carbonyl (C=O) groups excluding carboxylic acids is 2. The number of azo groups is 1. The molecular formula is C21H18FN3O5. The number of nitrogens with zero attached hydrogens (tertiary/aromatic N) is 3. The van der Waals surface area contributed by atoms with E-state index >= 15 is 0 Å². The summed E-state index contributed by atoms with van der Waals surface area (Å²) in [6.07, 6.45) is 0.337. The van der Waals surface area contributed by atoms with E-state index < -0.39 is 23.7 Å². The zero-order chi connectivity index (χ0) is 21.8. The first kappa shape index (κ1) is 20.7. The molecule has 2 aromatic carbocycles. The van der Waals surface area contributed by atoms with Crippen molar-refractivity contribution in [2.75, 3.05) is 0 Å². The summed E-state index contributed by atoms with van der Waals surface area (Å²) < 4.78 is 20.0. The van der Waals surface area contributed by atoms with Crippen LogP contribution in [0.5, 0.6) is 17.5 Å². The van der Waals surface area contributed by atoms with Crippen LogP contribution in [-0.4, -0.2) is 32.7 Å². The molecule has 0 radical (unpaired) electrons. The van der Waals surface area contributed by atoms with Gasteiger partial charge in [0.2, 0.25) is 11.8 Å². The molecule has 3 rings (SSSR count). The Morgan fingerprint density at radius 3 is 2.57 bits per heavy atom. The number of fused-ring (bicyclic) bond motifs is 1. The summed E-state index contributed by atoms with van der Waals surface area (Å²) in [5.74, 6) is -2.87. The third kappa shape index (κ3) is 4.04. The smallest absolute Gasteiger partial charge is 0.304 e. The molecule has 154 valence electrons. The van der Waals surface area contributed by atoms with Gasteiger partial charge in [0, 0.05) is 22.9 Å². The SMILES string of the molecule is C=CCn1c(O)c2ccc(C(=O)N=NC(=O)[C@H](C)Oc3ccccc3F)cc2c1O. The zero-order valence-electron chi connectivity index (χ0n) is 15.9. The first-order chi connectivity index (χ1) is 14.3. The van der Waals surface area contributed by atoms with Crippen molar-refractivity contribution in [1.29, 1.82) is 0 Å². The van der Waals surface area contributed by atoms with Gasteiger partial charge in [0.25, 0.3) is 5.91 Å². The summed E-state index contributed by atoms with van der Waals surface area (Å²) in [7, 11) is 0. The van der Waals surface area contributed by atoms with E-state index in [9.17, 15) is 24.2 Å². The Balaban J connectivity index is 1.76. The van der Waals surface area contributed by atoms with Crippen molar-refractivity contribution in [3.8, 4) is 17.5 Å². The molecule has 3 aromatic rings. The summed E-state index contributed by atoms with van der Waals surface area (Å²) in [5.41, 5.74) is 0.0489. The molecule has 1 heterocycles. The Morgan fingerprint density at radius 2 is 1.87 bits per heavy atom. The minimum Gasteiger partial charge on any atom is -0.494 e. The standard InChI is InChI=1S/C21H18FN3O5/c1-3-10-25-20(28)14-9-8-13(11-15(14)21(25)29)19(27)24-23-18(26)12(2)30-17-7-5-4-6-16(17)22/h3-9,11-12,28-29H,1,10H2,2H3/t12-/m0/s1. The van der Waals surface area contributed by atoms with Crippen molar-refractivity contribution in [2.24, 2.45) is 10.2 Å². The summed E-state index contributed by atoms with van der Waals surface area (Å²) in [6, 6.07) is 9.72. The fourth-order valence-electron chi connectivity index (χ4n) is 2.77. The Hall–Kier alpha value is -4.01. The number of halogens is 1.